The van der Waals surface area contributed by atoms with Crippen molar-refractivity contribution in [1.29, 1.82) is 0 Å². The Labute approximate surface area is 113 Å². The van der Waals surface area contributed by atoms with Crippen LogP contribution in [0.15, 0.2) is 40.9 Å². The third-order valence-electron chi connectivity index (χ3n) is 2.48. The molecule has 0 spiro atoms. The van der Waals surface area contributed by atoms with E-state index in [1.165, 1.54) is 4.88 Å². The van der Waals surface area contributed by atoms with E-state index in [4.69, 9.17) is 16.1 Å². The summed E-state index contributed by atoms with van der Waals surface area (Å²) in [7, 11) is 0. The van der Waals surface area contributed by atoms with Gasteiger partial charge in [0.15, 0.2) is 0 Å². The van der Waals surface area contributed by atoms with E-state index < -0.39 is 0 Å². The summed E-state index contributed by atoms with van der Waals surface area (Å²) in [5.41, 5.74) is 0.867. The summed E-state index contributed by atoms with van der Waals surface area (Å²) in [5, 5.41) is 4.68. The number of benzene rings is 1. The molecule has 0 aliphatic carbocycles. The van der Waals surface area contributed by atoms with Gasteiger partial charge in [-0.25, -0.2) is 0 Å². The van der Waals surface area contributed by atoms with Crippen molar-refractivity contribution in [3.63, 3.8) is 0 Å². The Morgan fingerprint density at radius 1 is 1.11 bits per heavy atom. The van der Waals surface area contributed by atoms with Gasteiger partial charge in [0.05, 0.1) is 4.88 Å². The summed E-state index contributed by atoms with van der Waals surface area (Å²) < 4.78 is 5.26. The zero-order chi connectivity index (χ0) is 12.5. The van der Waals surface area contributed by atoms with Gasteiger partial charge in [-0.05, 0) is 43.3 Å². The molecule has 5 heteroatoms. The van der Waals surface area contributed by atoms with Crippen LogP contribution in [0.25, 0.3) is 22.2 Å². The predicted octanol–water partition coefficient (Wildman–Crippen LogP) is 4.43. The van der Waals surface area contributed by atoms with Crippen molar-refractivity contribution in [2.24, 2.45) is 0 Å². The molecule has 0 N–H and O–H groups in total. The van der Waals surface area contributed by atoms with Gasteiger partial charge in [-0.2, -0.15) is 4.98 Å². The molecule has 0 unspecified atom stereocenters. The molecular weight excluding hydrogens is 268 g/mol. The lowest BCUT2D eigenvalue weighted by Crippen LogP contribution is -1.77. The molecule has 3 nitrogen and oxygen atoms in total. The highest BCUT2D eigenvalue weighted by atomic mass is 35.5. The van der Waals surface area contributed by atoms with Crippen LogP contribution in [-0.2, 0) is 0 Å². The molecule has 0 aliphatic rings. The molecule has 90 valence electrons. The number of nitrogens with zero attached hydrogens (tertiary/aromatic N) is 2. The largest absolute Gasteiger partial charge is 0.334 e. The van der Waals surface area contributed by atoms with Gasteiger partial charge in [-0.1, -0.05) is 16.8 Å². The number of hydrogen-bond acceptors (Lipinski definition) is 4. The predicted molar refractivity (Wildman–Crippen MR) is 72.8 cm³/mol. The van der Waals surface area contributed by atoms with Gasteiger partial charge >= 0.3 is 0 Å². The van der Waals surface area contributed by atoms with Gasteiger partial charge < -0.3 is 4.52 Å². The first-order chi connectivity index (χ1) is 8.72. The summed E-state index contributed by atoms with van der Waals surface area (Å²) in [4.78, 5) is 6.62. The van der Waals surface area contributed by atoms with Crippen LogP contribution in [-0.4, -0.2) is 10.1 Å². The number of rotatable bonds is 2. The van der Waals surface area contributed by atoms with Crippen LogP contribution >= 0.6 is 22.9 Å². The van der Waals surface area contributed by atoms with Crippen molar-refractivity contribution in [2.45, 2.75) is 6.92 Å². The number of thiophene rings is 1. The first-order valence-electron chi connectivity index (χ1n) is 5.39. The molecular formula is C13H9ClN2OS. The van der Waals surface area contributed by atoms with Gasteiger partial charge in [0.2, 0.25) is 5.82 Å². The van der Waals surface area contributed by atoms with E-state index in [1.807, 2.05) is 31.2 Å². The van der Waals surface area contributed by atoms with Crippen molar-refractivity contribution in [3.05, 3.63) is 46.3 Å². The molecule has 0 bridgehead atoms. The normalized spacial score (nSPS) is 10.8. The van der Waals surface area contributed by atoms with Crippen LogP contribution in [0.1, 0.15) is 4.88 Å². The van der Waals surface area contributed by atoms with E-state index in [2.05, 4.69) is 10.1 Å². The highest BCUT2D eigenvalue weighted by Gasteiger charge is 2.11. The minimum absolute atomic E-state index is 0.507. The molecule has 3 rings (SSSR count). The Bertz CT molecular complexity index is 672. The van der Waals surface area contributed by atoms with Crippen LogP contribution in [0.2, 0.25) is 5.02 Å². The van der Waals surface area contributed by atoms with Crippen LogP contribution < -0.4 is 0 Å². The van der Waals surface area contributed by atoms with Crippen LogP contribution in [0.4, 0.5) is 0 Å². The quantitative estimate of drug-likeness (QED) is 0.695. The molecule has 18 heavy (non-hydrogen) atoms. The average molecular weight is 277 g/mol. The zero-order valence-electron chi connectivity index (χ0n) is 9.55. The monoisotopic (exact) mass is 276 g/mol. The first kappa shape index (κ1) is 11.4. The Morgan fingerprint density at radius 2 is 1.89 bits per heavy atom. The molecule has 2 aromatic heterocycles. The molecule has 0 fully saturated rings. The first-order valence-corrected chi connectivity index (χ1v) is 6.58. The summed E-state index contributed by atoms with van der Waals surface area (Å²) in [6.45, 7) is 2.05. The number of halogens is 1. The maximum atomic E-state index is 5.84. The lowest BCUT2D eigenvalue weighted by atomic mass is 10.2. The van der Waals surface area contributed by atoms with Crippen molar-refractivity contribution in [2.75, 3.05) is 0 Å². The minimum atomic E-state index is 0.507. The summed E-state index contributed by atoms with van der Waals surface area (Å²) >= 11 is 7.48. The fourth-order valence-corrected chi connectivity index (χ4v) is 2.51. The van der Waals surface area contributed by atoms with Gasteiger partial charge in [-0.3, -0.25) is 0 Å². The molecule has 0 saturated heterocycles. The fourth-order valence-electron chi connectivity index (χ4n) is 1.59. The number of aromatic nitrogens is 2. The third kappa shape index (κ3) is 2.17. The van der Waals surface area contributed by atoms with Crippen LogP contribution in [0, 0.1) is 6.92 Å². The Hall–Kier alpha value is -1.65. The van der Waals surface area contributed by atoms with Gasteiger partial charge in [0.1, 0.15) is 0 Å². The van der Waals surface area contributed by atoms with E-state index >= 15 is 0 Å². The smallest absolute Gasteiger partial charge is 0.258 e. The lowest BCUT2D eigenvalue weighted by Gasteiger charge is -1.92. The van der Waals surface area contributed by atoms with Crippen LogP contribution in [0.5, 0.6) is 0 Å². The molecule has 3 aromatic rings. The van der Waals surface area contributed by atoms with Gasteiger partial charge in [0.25, 0.3) is 5.89 Å². The minimum Gasteiger partial charge on any atom is -0.334 e. The lowest BCUT2D eigenvalue weighted by molar-refractivity contribution is 0.432. The standard InChI is InChI=1S/C13H9ClN2OS/c1-8-2-7-11(18-8)12-15-13(17-16-12)9-3-5-10(14)6-4-9/h2-7H,1H3. The fraction of sp³-hybridized carbons (Fsp3) is 0.0769. The maximum Gasteiger partial charge on any atom is 0.258 e. The van der Waals surface area contributed by atoms with Gasteiger partial charge in [0, 0.05) is 15.5 Å². The van der Waals surface area contributed by atoms with Crippen LogP contribution in [0.3, 0.4) is 0 Å². The third-order valence-corrected chi connectivity index (χ3v) is 3.73. The topological polar surface area (TPSA) is 38.9 Å². The second-order valence-corrected chi connectivity index (χ2v) is 5.56. The maximum absolute atomic E-state index is 5.84. The van der Waals surface area contributed by atoms with Gasteiger partial charge in [-0.15, -0.1) is 11.3 Å². The summed E-state index contributed by atoms with van der Waals surface area (Å²) in [6.07, 6.45) is 0. The number of hydrogen-bond donors (Lipinski definition) is 0. The second kappa shape index (κ2) is 4.55. The average Bonchev–Trinajstić information content (AvgIpc) is 2.98. The van der Waals surface area contributed by atoms with Crippen molar-refractivity contribution in [3.8, 4) is 22.2 Å². The van der Waals surface area contributed by atoms with Crippen molar-refractivity contribution >= 4 is 22.9 Å². The molecule has 0 aliphatic heterocycles. The highest BCUT2D eigenvalue weighted by Crippen LogP contribution is 2.27. The molecule has 0 amide bonds. The molecule has 0 radical (unpaired) electrons. The number of aryl methyl sites for hydroxylation is 1. The van der Waals surface area contributed by atoms with E-state index in [-0.39, 0.29) is 0 Å². The van der Waals surface area contributed by atoms with E-state index in [9.17, 15) is 0 Å². The Balaban J connectivity index is 1.96. The summed E-state index contributed by atoms with van der Waals surface area (Å²) in [5.74, 6) is 1.13. The molecule has 0 atom stereocenters. The highest BCUT2D eigenvalue weighted by molar-refractivity contribution is 7.15. The molecule has 2 heterocycles. The van der Waals surface area contributed by atoms with E-state index in [0.29, 0.717) is 16.7 Å². The second-order valence-electron chi connectivity index (χ2n) is 3.84. The van der Waals surface area contributed by atoms with E-state index in [1.54, 1.807) is 23.5 Å². The molecule has 0 saturated carbocycles. The van der Waals surface area contributed by atoms with Crippen molar-refractivity contribution < 1.29 is 4.52 Å². The Kier molecular flexibility index (Phi) is 2.89. The van der Waals surface area contributed by atoms with Crippen molar-refractivity contribution in [1.82, 2.24) is 10.1 Å². The Morgan fingerprint density at radius 3 is 2.56 bits per heavy atom. The van der Waals surface area contributed by atoms with E-state index in [0.717, 1.165) is 10.4 Å². The SMILES string of the molecule is Cc1ccc(-c2noc(-c3ccc(Cl)cc3)n2)s1. The summed E-state index contributed by atoms with van der Waals surface area (Å²) in [6, 6.07) is 11.4. The molecule has 1 aromatic carbocycles. The zero-order valence-corrected chi connectivity index (χ0v) is 11.1.